The van der Waals surface area contributed by atoms with Crippen LogP contribution in [-0.4, -0.2) is 30.4 Å². The molecule has 1 aromatic rings. The third-order valence-corrected chi connectivity index (χ3v) is 4.04. The number of hydrogen-bond acceptors (Lipinski definition) is 3. The molecule has 0 spiro atoms. The van der Waals surface area contributed by atoms with Crippen molar-refractivity contribution in [1.82, 2.24) is 10.2 Å². The summed E-state index contributed by atoms with van der Waals surface area (Å²) in [6.45, 7) is 8.66. The summed E-state index contributed by atoms with van der Waals surface area (Å²) in [5.41, 5.74) is 1.19. The highest BCUT2D eigenvalue weighted by Crippen LogP contribution is 2.21. The number of nitrogens with zero attached hydrogens (tertiary/aromatic N) is 1. The van der Waals surface area contributed by atoms with Gasteiger partial charge in [0.1, 0.15) is 11.5 Å². The second-order valence-corrected chi connectivity index (χ2v) is 5.74. The lowest BCUT2D eigenvalue weighted by Crippen LogP contribution is -2.37. The summed E-state index contributed by atoms with van der Waals surface area (Å²) in [4.78, 5) is 14.1. The van der Waals surface area contributed by atoms with Crippen LogP contribution in [0.3, 0.4) is 0 Å². The number of rotatable bonds is 5. The van der Waals surface area contributed by atoms with Crippen LogP contribution >= 0.6 is 0 Å². The molecular formula is C16H26N2O2. The number of furan rings is 1. The van der Waals surface area contributed by atoms with E-state index < -0.39 is 0 Å². The Labute approximate surface area is 121 Å². The molecule has 0 bridgehead atoms. The van der Waals surface area contributed by atoms with E-state index in [-0.39, 0.29) is 11.9 Å². The van der Waals surface area contributed by atoms with Gasteiger partial charge in [-0.2, -0.15) is 0 Å². The minimum atomic E-state index is 0.224. The van der Waals surface area contributed by atoms with Crippen LogP contribution in [0.5, 0.6) is 0 Å². The minimum Gasteiger partial charge on any atom is -0.466 e. The molecular weight excluding hydrogens is 252 g/mol. The molecule has 1 aliphatic heterocycles. The van der Waals surface area contributed by atoms with Crippen molar-refractivity contribution < 1.29 is 9.21 Å². The number of carbonyl (C=O) groups excluding carboxylic acids is 1. The van der Waals surface area contributed by atoms with Crippen molar-refractivity contribution >= 4 is 5.91 Å². The predicted octanol–water partition coefficient (Wildman–Crippen LogP) is 2.95. The maximum Gasteiger partial charge on any atom is 0.223 e. The smallest absolute Gasteiger partial charge is 0.223 e. The first-order valence-corrected chi connectivity index (χ1v) is 7.66. The van der Waals surface area contributed by atoms with E-state index in [2.05, 4.69) is 18.3 Å². The average molecular weight is 278 g/mol. The van der Waals surface area contributed by atoms with Gasteiger partial charge in [0.05, 0.1) is 0 Å². The standard InChI is InChI=1S/C16H26N2O2/c1-12-11-15(14(3)20-12)13(2)17-8-7-16(19)18-9-5-4-6-10-18/h11,13,17H,4-10H2,1-3H3. The first kappa shape index (κ1) is 15.1. The Hall–Kier alpha value is -1.29. The van der Waals surface area contributed by atoms with Crippen LogP contribution in [0.2, 0.25) is 0 Å². The molecule has 1 amide bonds. The fraction of sp³-hybridized carbons (Fsp3) is 0.688. The summed E-state index contributed by atoms with van der Waals surface area (Å²) < 4.78 is 5.54. The van der Waals surface area contributed by atoms with Gasteiger partial charge in [-0.15, -0.1) is 0 Å². The number of nitrogens with one attached hydrogen (secondary N) is 1. The third kappa shape index (κ3) is 3.85. The number of likely N-dealkylation sites (tertiary alicyclic amines) is 1. The van der Waals surface area contributed by atoms with E-state index >= 15 is 0 Å². The normalized spacial score (nSPS) is 17.2. The molecule has 4 nitrogen and oxygen atoms in total. The molecule has 1 atom stereocenters. The Kier molecular flexibility index (Phi) is 5.24. The van der Waals surface area contributed by atoms with E-state index in [4.69, 9.17) is 4.42 Å². The zero-order chi connectivity index (χ0) is 14.5. The molecule has 2 heterocycles. The highest BCUT2D eigenvalue weighted by molar-refractivity contribution is 5.76. The SMILES string of the molecule is Cc1cc(C(C)NCCC(=O)N2CCCCC2)c(C)o1. The lowest BCUT2D eigenvalue weighted by atomic mass is 10.1. The van der Waals surface area contributed by atoms with Gasteiger partial charge in [-0.05, 0) is 46.1 Å². The van der Waals surface area contributed by atoms with Gasteiger partial charge in [-0.25, -0.2) is 0 Å². The summed E-state index contributed by atoms with van der Waals surface area (Å²) in [6.07, 6.45) is 4.16. The lowest BCUT2D eigenvalue weighted by molar-refractivity contribution is -0.132. The largest absolute Gasteiger partial charge is 0.466 e. The van der Waals surface area contributed by atoms with Gasteiger partial charge in [0, 0.05) is 37.7 Å². The molecule has 20 heavy (non-hydrogen) atoms. The quantitative estimate of drug-likeness (QED) is 0.900. The highest BCUT2D eigenvalue weighted by atomic mass is 16.3. The topological polar surface area (TPSA) is 45.5 Å². The number of hydrogen-bond donors (Lipinski definition) is 1. The van der Waals surface area contributed by atoms with Crippen molar-refractivity contribution in [3.8, 4) is 0 Å². The predicted molar refractivity (Wildman–Crippen MR) is 79.6 cm³/mol. The minimum absolute atomic E-state index is 0.224. The van der Waals surface area contributed by atoms with Crippen LogP contribution in [0.4, 0.5) is 0 Å². The van der Waals surface area contributed by atoms with Crippen molar-refractivity contribution in [2.45, 2.75) is 52.5 Å². The number of carbonyl (C=O) groups is 1. The molecule has 1 aromatic heterocycles. The summed E-state index contributed by atoms with van der Waals surface area (Å²) >= 11 is 0. The lowest BCUT2D eigenvalue weighted by Gasteiger charge is -2.27. The summed E-state index contributed by atoms with van der Waals surface area (Å²) in [5, 5.41) is 3.42. The van der Waals surface area contributed by atoms with Crippen molar-refractivity contribution in [3.05, 3.63) is 23.2 Å². The Balaban J connectivity index is 1.75. The molecule has 2 rings (SSSR count). The summed E-state index contributed by atoms with van der Waals surface area (Å²) in [7, 11) is 0. The molecule has 1 saturated heterocycles. The van der Waals surface area contributed by atoms with Crippen molar-refractivity contribution in [1.29, 1.82) is 0 Å². The van der Waals surface area contributed by atoms with Gasteiger partial charge >= 0.3 is 0 Å². The van der Waals surface area contributed by atoms with Gasteiger partial charge in [0.25, 0.3) is 0 Å². The van der Waals surface area contributed by atoms with E-state index in [1.165, 1.54) is 12.0 Å². The number of amides is 1. The van der Waals surface area contributed by atoms with Crippen LogP contribution in [0.25, 0.3) is 0 Å². The fourth-order valence-electron chi connectivity index (χ4n) is 2.89. The van der Waals surface area contributed by atoms with Crippen LogP contribution in [0, 0.1) is 13.8 Å². The van der Waals surface area contributed by atoms with E-state index in [0.717, 1.165) is 44.0 Å². The molecule has 1 fully saturated rings. The molecule has 0 aliphatic carbocycles. The number of piperidine rings is 1. The maximum atomic E-state index is 12.1. The molecule has 0 aromatic carbocycles. The van der Waals surface area contributed by atoms with E-state index in [1.807, 2.05) is 18.7 Å². The van der Waals surface area contributed by atoms with Gasteiger partial charge in [-0.1, -0.05) is 0 Å². The van der Waals surface area contributed by atoms with E-state index in [1.54, 1.807) is 0 Å². The maximum absolute atomic E-state index is 12.1. The van der Waals surface area contributed by atoms with E-state index in [0.29, 0.717) is 6.42 Å². The van der Waals surface area contributed by atoms with E-state index in [9.17, 15) is 4.79 Å². The van der Waals surface area contributed by atoms with Crippen molar-refractivity contribution in [3.63, 3.8) is 0 Å². The molecule has 0 saturated carbocycles. The Bertz CT molecular complexity index is 447. The Morgan fingerprint density at radius 2 is 2.05 bits per heavy atom. The van der Waals surface area contributed by atoms with Gasteiger partial charge in [0.2, 0.25) is 5.91 Å². The molecule has 0 radical (unpaired) electrons. The molecule has 1 aliphatic rings. The highest BCUT2D eigenvalue weighted by Gasteiger charge is 2.17. The zero-order valence-corrected chi connectivity index (χ0v) is 12.9. The zero-order valence-electron chi connectivity index (χ0n) is 12.9. The van der Waals surface area contributed by atoms with Crippen LogP contribution in [-0.2, 0) is 4.79 Å². The second kappa shape index (κ2) is 6.93. The summed E-state index contributed by atoms with van der Waals surface area (Å²) in [6, 6.07) is 2.29. The molecule has 1 unspecified atom stereocenters. The average Bonchev–Trinajstić information content (AvgIpc) is 2.78. The fourth-order valence-corrected chi connectivity index (χ4v) is 2.89. The number of aryl methyl sites for hydroxylation is 2. The molecule has 4 heteroatoms. The van der Waals surface area contributed by atoms with Crippen molar-refractivity contribution in [2.24, 2.45) is 0 Å². The van der Waals surface area contributed by atoms with Crippen LogP contribution < -0.4 is 5.32 Å². The van der Waals surface area contributed by atoms with Crippen LogP contribution in [0.1, 0.15) is 55.7 Å². The molecule has 112 valence electrons. The Morgan fingerprint density at radius 3 is 2.65 bits per heavy atom. The first-order valence-electron chi connectivity index (χ1n) is 7.66. The third-order valence-electron chi connectivity index (χ3n) is 4.04. The van der Waals surface area contributed by atoms with Gasteiger partial charge < -0.3 is 14.6 Å². The first-order chi connectivity index (χ1) is 9.58. The van der Waals surface area contributed by atoms with Gasteiger partial charge in [0.15, 0.2) is 0 Å². The van der Waals surface area contributed by atoms with Crippen molar-refractivity contribution in [2.75, 3.05) is 19.6 Å². The molecule has 1 N–H and O–H groups in total. The summed E-state index contributed by atoms with van der Waals surface area (Å²) in [5.74, 6) is 2.19. The van der Waals surface area contributed by atoms with Crippen LogP contribution in [0.15, 0.2) is 10.5 Å². The second-order valence-electron chi connectivity index (χ2n) is 5.74. The monoisotopic (exact) mass is 278 g/mol. The Morgan fingerprint density at radius 1 is 1.35 bits per heavy atom. The van der Waals surface area contributed by atoms with Gasteiger partial charge in [-0.3, -0.25) is 4.79 Å².